The molecule has 35 heavy (non-hydrogen) atoms. The van der Waals surface area contributed by atoms with Crippen LogP contribution in [0.25, 0.3) is 0 Å². The Hall–Kier alpha value is -2.86. The van der Waals surface area contributed by atoms with Gasteiger partial charge in [-0.25, -0.2) is 0 Å². The van der Waals surface area contributed by atoms with Crippen LogP contribution in [0.15, 0.2) is 18.2 Å². The molecule has 0 spiro atoms. The lowest BCUT2D eigenvalue weighted by Gasteiger charge is -2.24. The van der Waals surface area contributed by atoms with Crippen LogP contribution in [0.1, 0.15) is 35.7 Å². The average Bonchev–Trinajstić information content (AvgIpc) is 2.82. The van der Waals surface area contributed by atoms with E-state index in [0.29, 0.717) is 50.0 Å². The van der Waals surface area contributed by atoms with E-state index in [2.05, 4.69) is 5.32 Å². The predicted octanol–water partition coefficient (Wildman–Crippen LogP) is 1.26. The Morgan fingerprint density at radius 2 is 1.69 bits per heavy atom. The molecular weight excluding hydrogens is 482 g/mol. The van der Waals surface area contributed by atoms with E-state index in [-0.39, 0.29) is 43.9 Å². The maximum Gasteiger partial charge on any atom is 0.260 e. The van der Waals surface area contributed by atoms with Crippen LogP contribution in [0.4, 0.5) is 5.69 Å². The number of rotatable bonds is 18. The van der Waals surface area contributed by atoms with Crippen molar-refractivity contribution in [1.29, 1.82) is 0 Å². The van der Waals surface area contributed by atoms with E-state index >= 15 is 0 Å². The number of imide groups is 2. The monoisotopic (exact) mass is 513 g/mol. The van der Waals surface area contributed by atoms with Gasteiger partial charge in [0.2, 0.25) is 24.6 Å². The molecule has 2 N–H and O–H groups in total. The summed E-state index contributed by atoms with van der Waals surface area (Å²) in [7, 11) is 0. The van der Waals surface area contributed by atoms with Crippen molar-refractivity contribution in [1.82, 2.24) is 10.2 Å². The molecule has 1 aromatic carbocycles. The molecule has 0 saturated carbocycles. The lowest BCUT2D eigenvalue weighted by atomic mass is 10.0. The van der Waals surface area contributed by atoms with Gasteiger partial charge in [0.25, 0.3) is 5.91 Å². The zero-order chi connectivity index (χ0) is 26.1. The minimum Gasteiger partial charge on any atom is -0.378 e. The molecule has 12 heteroatoms. The van der Waals surface area contributed by atoms with Crippen molar-refractivity contribution in [3.05, 3.63) is 29.3 Å². The van der Waals surface area contributed by atoms with Gasteiger partial charge in [-0.1, -0.05) is 0 Å². The maximum absolute atomic E-state index is 12.8. The van der Waals surface area contributed by atoms with Gasteiger partial charge in [-0.2, -0.15) is 0 Å². The smallest absolute Gasteiger partial charge is 0.260 e. The van der Waals surface area contributed by atoms with Crippen LogP contribution in [0, 0.1) is 6.92 Å². The van der Waals surface area contributed by atoms with Gasteiger partial charge in [0.15, 0.2) is 0 Å². The van der Waals surface area contributed by atoms with Crippen LogP contribution in [0.2, 0.25) is 0 Å². The number of benzene rings is 1. The topological polar surface area (TPSA) is 140 Å². The molecule has 0 saturated heterocycles. The van der Waals surface area contributed by atoms with Crippen molar-refractivity contribution in [3.8, 4) is 0 Å². The van der Waals surface area contributed by atoms with Gasteiger partial charge in [-0.3, -0.25) is 34.2 Å². The summed E-state index contributed by atoms with van der Waals surface area (Å²) in [5, 5.41) is 4.69. The number of nitrogens with zero attached hydrogens (tertiary/aromatic N) is 1. The summed E-state index contributed by atoms with van der Waals surface area (Å²) in [4.78, 5) is 59.2. The summed E-state index contributed by atoms with van der Waals surface area (Å²) in [6.07, 6.45) is 0.874. The Morgan fingerprint density at radius 1 is 1.03 bits per heavy atom. The molecular formula is C23H32ClN3O8. The molecule has 1 atom stereocenters. The second-order valence-electron chi connectivity index (χ2n) is 7.44. The second-order valence-corrected chi connectivity index (χ2v) is 7.81. The van der Waals surface area contributed by atoms with Crippen molar-refractivity contribution in [3.63, 3.8) is 0 Å². The molecule has 194 valence electrons. The molecule has 0 aliphatic heterocycles. The number of hydrogen-bond acceptors (Lipinski definition) is 8. The van der Waals surface area contributed by atoms with E-state index in [0.717, 1.165) is 4.90 Å². The number of aryl methyl sites for hydroxylation is 1. The Balaban J connectivity index is 2.51. The number of carbonyl (C=O) groups is 5. The number of nitrogens with one attached hydrogen (secondary N) is 2. The Morgan fingerprint density at radius 3 is 2.29 bits per heavy atom. The first-order valence-electron chi connectivity index (χ1n) is 11.0. The van der Waals surface area contributed by atoms with Gasteiger partial charge in [0.1, 0.15) is 6.61 Å². The standard InChI is InChI=1S/C23H32ClN3O8/c1-17-13-19(26-22(31)14-35-12-11-34-10-9-33-8-7-24)4-5-20(17)23(32)27(16-29)18(2)3-6-21(30)25-15-28/h4-5,13,15-16,18H,3,6-12,14H2,1-2H3,(H,26,31)(H,25,28,30). The minimum absolute atomic E-state index is 0.0152. The summed E-state index contributed by atoms with van der Waals surface area (Å²) in [5.74, 6) is -0.968. The van der Waals surface area contributed by atoms with Gasteiger partial charge in [0, 0.05) is 29.6 Å². The molecule has 0 aliphatic carbocycles. The number of anilines is 1. The third kappa shape index (κ3) is 11.9. The molecule has 5 amide bonds. The Kier molecular flexibility index (Phi) is 15.1. The third-order valence-electron chi connectivity index (χ3n) is 4.77. The van der Waals surface area contributed by atoms with Crippen molar-refractivity contribution in [2.75, 3.05) is 50.8 Å². The second kappa shape index (κ2) is 17.6. The quantitative estimate of drug-likeness (QED) is 0.170. The van der Waals surface area contributed by atoms with E-state index in [9.17, 15) is 24.0 Å². The van der Waals surface area contributed by atoms with Crippen molar-refractivity contribution in [2.24, 2.45) is 0 Å². The van der Waals surface area contributed by atoms with Crippen molar-refractivity contribution in [2.45, 2.75) is 32.7 Å². The van der Waals surface area contributed by atoms with Gasteiger partial charge in [-0.15, -0.1) is 11.6 Å². The molecule has 0 aliphatic rings. The average molecular weight is 514 g/mol. The number of alkyl halides is 1. The van der Waals surface area contributed by atoms with E-state index < -0.39 is 17.9 Å². The summed E-state index contributed by atoms with van der Waals surface area (Å²) >= 11 is 5.49. The zero-order valence-electron chi connectivity index (χ0n) is 19.9. The fraction of sp³-hybridized carbons (Fsp3) is 0.522. The summed E-state index contributed by atoms with van der Waals surface area (Å²) < 4.78 is 15.7. The fourth-order valence-electron chi connectivity index (χ4n) is 2.95. The number of hydrogen-bond donors (Lipinski definition) is 2. The van der Waals surface area contributed by atoms with E-state index in [1.165, 1.54) is 6.07 Å². The highest BCUT2D eigenvalue weighted by Gasteiger charge is 2.23. The summed E-state index contributed by atoms with van der Waals surface area (Å²) in [6.45, 7) is 5.02. The van der Waals surface area contributed by atoms with Crippen molar-refractivity contribution >= 4 is 47.8 Å². The highest BCUT2D eigenvalue weighted by Crippen LogP contribution is 2.18. The van der Waals surface area contributed by atoms with Crippen LogP contribution in [-0.4, -0.2) is 87.0 Å². The van der Waals surface area contributed by atoms with Crippen LogP contribution in [0.3, 0.4) is 0 Å². The Labute approximate surface area is 209 Å². The largest absolute Gasteiger partial charge is 0.378 e. The van der Waals surface area contributed by atoms with Gasteiger partial charge < -0.3 is 19.5 Å². The first-order chi connectivity index (χ1) is 16.8. The van der Waals surface area contributed by atoms with E-state index in [1.54, 1.807) is 26.0 Å². The minimum atomic E-state index is -0.560. The molecule has 0 fully saturated rings. The molecule has 0 radical (unpaired) electrons. The third-order valence-corrected chi connectivity index (χ3v) is 4.93. The van der Waals surface area contributed by atoms with Crippen LogP contribution in [0.5, 0.6) is 0 Å². The molecule has 0 heterocycles. The predicted molar refractivity (Wildman–Crippen MR) is 128 cm³/mol. The number of halogens is 1. The highest BCUT2D eigenvalue weighted by molar-refractivity contribution is 6.17. The fourth-order valence-corrected chi connectivity index (χ4v) is 3.05. The first-order valence-corrected chi connectivity index (χ1v) is 11.6. The summed E-state index contributed by atoms with van der Waals surface area (Å²) in [5.41, 5.74) is 1.30. The van der Waals surface area contributed by atoms with Gasteiger partial charge in [-0.05, 0) is 44.0 Å². The van der Waals surface area contributed by atoms with E-state index in [4.69, 9.17) is 25.8 Å². The zero-order valence-corrected chi connectivity index (χ0v) is 20.7. The number of ether oxygens (including phenoxy) is 3. The van der Waals surface area contributed by atoms with Crippen LogP contribution < -0.4 is 10.6 Å². The van der Waals surface area contributed by atoms with Crippen molar-refractivity contribution < 1.29 is 38.2 Å². The molecule has 11 nitrogen and oxygen atoms in total. The van der Waals surface area contributed by atoms with Crippen LogP contribution in [-0.2, 0) is 33.4 Å². The lowest BCUT2D eigenvalue weighted by Crippen LogP contribution is -2.38. The SMILES string of the molecule is Cc1cc(NC(=O)COCCOCCOCCCl)ccc1C(=O)N(C=O)C(C)CCC(=O)NC=O. The molecule has 0 bridgehead atoms. The number of carbonyl (C=O) groups excluding carboxylic acids is 5. The lowest BCUT2D eigenvalue weighted by molar-refractivity contribution is -0.126. The van der Waals surface area contributed by atoms with E-state index in [1.807, 2.05) is 5.32 Å². The molecule has 1 aromatic rings. The summed E-state index contributed by atoms with van der Waals surface area (Å²) in [6, 6.07) is 4.11. The molecule has 1 rings (SSSR count). The normalized spacial score (nSPS) is 11.4. The highest BCUT2D eigenvalue weighted by atomic mass is 35.5. The Bertz CT molecular complexity index is 852. The maximum atomic E-state index is 12.8. The molecule has 1 unspecified atom stereocenters. The van der Waals surface area contributed by atoms with Gasteiger partial charge >= 0.3 is 0 Å². The number of amides is 5. The van der Waals surface area contributed by atoms with Crippen LogP contribution >= 0.6 is 11.6 Å². The van der Waals surface area contributed by atoms with Gasteiger partial charge in [0.05, 0.1) is 33.0 Å². The molecule has 0 aromatic heterocycles. The first kappa shape index (κ1) is 30.2.